The first-order valence-corrected chi connectivity index (χ1v) is 15.0. The van der Waals surface area contributed by atoms with E-state index in [9.17, 15) is 15.0 Å². The van der Waals surface area contributed by atoms with E-state index in [2.05, 4.69) is 41.4 Å². The van der Waals surface area contributed by atoms with Gasteiger partial charge in [-0.05, 0) is 67.6 Å². The quantitative estimate of drug-likeness (QED) is 0.178. The van der Waals surface area contributed by atoms with Crippen LogP contribution in [0.5, 0.6) is 11.5 Å². The third-order valence-corrected chi connectivity index (χ3v) is 9.01. The van der Waals surface area contributed by atoms with Crippen molar-refractivity contribution in [1.29, 1.82) is 0 Å². The monoisotopic (exact) mass is 644 g/mol. The third-order valence-electron chi connectivity index (χ3n) is 6.26. The molecule has 1 aromatic heterocycles. The van der Waals surface area contributed by atoms with E-state index in [0.29, 0.717) is 33.4 Å². The van der Waals surface area contributed by atoms with Crippen molar-refractivity contribution in [2.75, 3.05) is 4.90 Å². The molecule has 0 spiro atoms. The van der Waals surface area contributed by atoms with Crippen molar-refractivity contribution in [3.8, 4) is 11.5 Å². The fourth-order valence-electron chi connectivity index (χ4n) is 4.33. The Labute approximate surface area is 251 Å². The second-order valence-corrected chi connectivity index (χ2v) is 12.4. The Morgan fingerprint density at radius 3 is 2.51 bits per heavy atom. The lowest BCUT2D eigenvalue weighted by atomic mass is 10.1. The topological polar surface area (TPSA) is 123 Å². The minimum absolute atomic E-state index is 0.00537. The Bertz CT molecular complexity index is 1810. The number of benzene rings is 4. The van der Waals surface area contributed by atoms with Crippen molar-refractivity contribution in [3.05, 3.63) is 95.0 Å². The lowest BCUT2D eigenvalue weighted by Gasteiger charge is -2.26. The Balaban J connectivity index is 1.36. The van der Waals surface area contributed by atoms with Gasteiger partial charge < -0.3 is 10.2 Å². The highest BCUT2D eigenvalue weighted by Gasteiger charge is 2.42. The molecule has 2 heterocycles. The Morgan fingerprint density at radius 2 is 1.68 bits per heavy atom. The van der Waals surface area contributed by atoms with Crippen LogP contribution < -0.4 is 4.90 Å². The van der Waals surface area contributed by atoms with E-state index in [1.165, 1.54) is 46.2 Å². The number of hydrogen-bond acceptors (Lipinski definition) is 10. The van der Waals surface area contributed by atoms with E-state index in [4.69, 9.17) is 0 Å². The fourth-order valence-corrected chi connectivity index (χ4v) is 6.79. The average molecular weight is 646 g/mol. The molecular formula is C29H21BrN6O3S2. The van der Waals surface area contributed by atoms with E-state index >= 15 is 0 Å². The first-order valence-electron chi connectivity index (χ1n) is 12.4. The molecule has 1 saturated heterocycles. The lowest BCUT2D eigenvalue weighted by molar-refractivity contribution is -0.117. The summed E-state index contributed by atoms with van der Waals surface area (Å²) in [5.74, 6) is -0.212. The van der Waals surface area contributed by atoms with E-state index in [1.54, 1.807) is 25.1 Å². The third kappa shape index (κ3) is 5.71. The average Bonchev–Trinajstić information content (AvgIpc) is 3.51. The van der Waals surface area contributed by atoms with Crippen LogP contribution in [0.3, 0.4) is 0 Å². The number of carbonyl (C=O) groups is 1. The molecule has 0 saturated carbocycles. The zero-order valence-electron chi connectivity index (χ0n) is 21.4. The van der Waals surface area contributed by atoms with Crippen LogP contribution >= 0.6 is 39.0 Å². The smallest absolute Gasteiger partial charge is 0.241 e. The van der Waals surface area contributed by atoms with Crippen molar-refractivity contribution in [2.24, 2.45) is 20.5 Å². The number of fused-ring (bicyclic) bond motifs is 1. The number of halogens is 1. The van der Waals surface area contributed by atoms with Crippen molar-refractivity contribution in [2.45, 2.75) is 17.5 Å². The molecule has 2 unspecified atom stereocenters. The number of anilines is 1. The van der Waals surface area contributed by atoms with Gasteiger partial charge in [0.15, 0.2) is 0 Å². The van der Waals surface area contributed by atoms with Gasteiger partial charge in [-0.3, -0.25) is 9.69 Å². The van der Waals surface area contributed by atoms with Crippen LogP contribution in [0.4, 0.5) is 27.9 Å². The maximum atomic E-state index is 13.5. The summed E-state index contributed by atoms with van der Waals surface area (Å²) in [6, 6.07) is 24.6. The predicted octanol–water partition coefficient (Wildman–Crippen LogP) is 9.47. The molecule has 1 amide bonds. The maximum Gasteiger partial charge on any atom is 0.241 e. The highest BCUT2D eigenvalue weighted by molar-refractivity contribution is 9.10. The van der Waals surface area contributed by atoms with Gasteiger partial charge in [0.1, 0.15) is 22.6 Å². The van der Waals surface area contributed by atoms with Crippen LogP contribution in [0.15, 0.2) is 110 Å². The Hall–Kier alpha value is -4.13. The molecule has 0 aliphatic carbocycles. The number of carbonyl (C=O) groups excluding carboxylic acids is 1. The van der Waals surface area contributed by atoms with Crippen LogP contribution in [-0.4, -0.2) is 26.4 Å². The number of hydrogen-bond donors (Lipinski definition) is 2. The number of phenols is 2. The summed E-state index contributed by atoms with van der Waals surface area (Å²) in [7, 11) is 0. The molecule has 1 aliphatic heterocycles. The van der Waals surface area contributed by atoms with Crippen LogP contribution in [0.25, 0.3) is 10.2 Å². The normalized spacial score (nSPS) is 17.4. The number of azo groups is 2. The van der Waals surface area contributed by atoms with E-state index in [-0.39, 0.29) is 17.4 Å². The van der Waals surface area contributed by atoms with E-state index < -0.39 is 10.6 Å². The summed E-state index contributed by atoms with van der Waals surface area (Å²) < 4.78 is 1.87. The molecule has 204 valence electrons. The second kappa shape index (κ2) is 11.4. The van der Waals surface area contributed by atoms with Crippen molar-refractivity contribution in [3.63, 3.8) is 0 Å². The summed E-state index contributed by atoms with van der Waals surface area (Å²) in [5, 5.41) is 38.1. The summed E-state index contributed by atoms with van der Waals surface area (Å²) in [6.07, 6.45) is 0. The second-order valence-electron chi connectivity index (χ2n) is 9.10. The highest BCUT2D eigenvalue weighted by Crippen LogP contribution is 2.51. The van der Waals surface area contributed by atoms with Crippen molar-refractivity contribution < 1.29 is 15.0 Å². The van der Waals surface area contributed by atoms with Gasteiger partial charge in [-0.1, -0.05) is 45.5 Å². The molecule has 41 heavy (non-hydrogen) atoms. The lowest BCUT2D eigenvalue weighted by Crippen LogP contribution is -2.30. The Kier molecular flexibility index (Phi) is 7.52. The number of nitrogens with zero attached hydrogens (tertiary/aromatic N) is 6. The van der Waals surface area contributed by atoms with Gasteiger partial charge in [0.2, 0.25) is 11.0 Å². The maximum absolute atomic E-state index is 13.5. The van der Waals surface area contributed by atoms with Gasteiger partial charge in [-0.25, -0.2) is 4.98 Å². The summed E-state index contributed by atoms with van der Waals surface area (Å²) in [4.78, 5) is 19.5. The molecule has 0 radical (unpaired) electrons. The molecule has 1 aliphatic rings. The first kappa shape index (κ1) is 27.1. The van der Waals surface area contributed by atoms with Crippen molar-refractivity contribution >= 4 is 83.0 Å². The molecule has 5 aromatic rings. The molecule has 2 N–H and O–H groups in total. The number of rotatable bonds is 6. The zero-order valence-corrected chi connectivity index (χ0v) is 24.6. The molecule has 12 heteroatoms. The minimum atomic E-state index is -0.614. The molecule has 0 bridgehead atoms. The first-order chi connectivity index (χ1) is 19.9. The SMILES string of the molecule is CC1SC(c2cc(N=Nc3nc4ccccc4s3)ccc2O)N(c2cc(O)ccc2N=Nc2cccc(Br)c2)C1=O. The standard InChI is InChI=1S/C29H21BrN6O3S2/c1-16-27(39)36(24-15-20(37)10-11-22(24)34-32-18-6-4-5-17(30)13-18)28(40-16)21-14-19(9-12-25(21)38)33-35-29-31-23-7-2-3-8-26(23)41-29/h2-16,28,37-38H,1H3. The summed E-state index contributed by atoms with van der Waals surface area (Å²) >= 11 is 6.23. The fraction of sp³-hybridized carbons (Fsp3) is 0.103. The zero-order chi connectivity index (χ0) is 28.5. The van der Waals surface area contributed by atoms with Gasteiger partial charge in [-0.15, -0.1) is 27.1 Å². The van der Waals surface area contributed by atoms with E-state index in [0.717, 1.165) is 14.7 Å². The van der Waals surface area contributed by atoms with Crippen LogP contribution in [0.1, 0.15) is 17.9 Å². The summed E-state index contributed by atoms with van der Waals surface area (Å²) in [6.45, 7) is 1.80. The number of para-hydroxylation sites is 1. The highest BCUT2D eigenvalue weighted by atomic mass is 79.9. The molecule has 4 aromatic carbocycles. The largest absolute Gasteiger partial charge is 0.508 e. The minimum Gasteiger partial charge on any atom is -0.508 e. The molecule has 1 fully saturated rings. The predicted molar refractivity (Wildman–Crippen MR) is 166 cm³/mol. The number of phenolic OH excluding ortho intramolecular Hbond substituents is 2. The van der Waals surface area contributed by atoms with Crippen LogP contribution in [-0.2, 0) is 4.79 Å². The molecule has 6 rings (SSSR count). The molecule has 2 atom stereocenters. The van der Waals surface area contributed by atoms with Gasteiger partial charge in [0, 0.05) is 16.1 Å². The van der Waals surface area contributed by atoms with Gasteiger partial charge in [-0.2, -0.15) is 5.11 Å². The number of amides is 1. The number of thiazole rings is 1. The number of thioether (sulfide) groups is 1. The number of aromatic hydroxyl groups is 2. The van der Waals surface area contributed by atoms with Gasteiger partial charge in [0.05, 0.1) is 32.5 Å². The molecular weight excluding hydrogens is 624 g/mol. The van der Waals surface area contributed by atoms with Gasteiger partial charge in [0.25, 0.3) is 0 Å². The molecule has 9 nitrogen and oxygen atoms in total. The van der Waals surface area contributed by atoms with Gasteiger partial charge >= 0.3 is 0 Å². The summed E-state index contributed by atoms with van der Waals surface area (Å²) in [5.41, 5.74) is 3.21. The Morgan fingerprint density at radius 1 is 0.878 bits per heavy atom. The van der Waals surface area contributed by atoms with Crippen molar-refractivity contribution in [1.82, 2.24) is 4.98 Å². The van der Waals surface area contributed by atoms with Crippen LogP contribution in [0, 0.1) is 0 Å². The number of aromatic nitrogens is 1. The van der Waals surface area contributed by atoms with E-state index in [1.807, 2.05) is 48.5 Å². The van der Waals surface area contributed by atoms with Crippen LogP contribution in [0.2, 0.25) is 0 Å².